The standard InChI is InChI=1S/C15H20F3N3O2/c1-11-4-7-21(8-5-11)14(22)20-9-12-3-2-6-19-13(12)23-10-15(16,17)18/h2-3,6,11H,4-5,7-10H2,1H3,(H,20,22). The number of likely N-dealkylation sites (tertiary alicyclic amines) is 1. The number of aromatic nitrogens is 1. The summed E-state index contributed by atoms with van der Waals surface area (Å²) >= 11 is 0. The van der Waals surface area contributed by atoms with Crippen molar-refractivity contribution in [3.63, 3.8) is 0 Å². The van der Waals surface area contributed by atoms with Crippen LogP contribution in [0.25, 0.3) is 0 Å². The van der Waals surface area contributed by atoms with Gasteiger partial charge in [-0.25, -0.2) is 9.78 Å². The zero-order chi connectivity index (χ0) is 16.9. The van der Waals surface area contributed by atoms with Crippen LogP contribution in [-0.4, -0.2) is 41.8 Å². The molecule has 1 saturated heterocycles. The van der Waals surface area contributed by atoms with E-state index in [0.717, 1.165) is 12.8 Å². The Hall–Kier alpha value is -1.99. The van der Waals surface area contributed by atoms with Gasteiger partial charge < -0.3 is 15.0 Å². The third-order valence-electron chi connectivity index (χ3n) is 3.72. The fourth-order valence-corrected chi connectivity index (χ4v) is 2.33. The van der Waals surface area contributed by atoms with Crippen LogP contribution in [0.1, 0.15) is 25.3 Å². The monoisotopic (exact) mass is 331 g/mol. The number of rotatable bonds is 4. The molecule has 0 spiro atoms. The van der Waals surface area contributed by atoms with E-state index in [4.69, 9.17) is 4.74 Å². The van der Waals surface area contributed by atoms with Crippen molar-refractivity contribution < 1.29 is 22.7 Å². The lowest BCUT2D eigenvalue weighted by Gasteiger charge is -2.30. The van der Waals surface area contributed by atoms with Crippen molar-refractivity contribution in [3.05, 3.63) is 23.9 Å². The van der Waals surface area contributed by atoms with E-state index < -0.39 is 12.8 Å². The van der Waals surface area contributed by atoms with Crippen LogP contribution >= 0.6 is 0 Å². The van der Waals surface area contributed by atoms with E-state index in [9.17, 15) is 18.0 Å². The van der Waals surface area contributed by atoms with Crippen LogP contribution in [0.2, 0.25) is 0 Å². The average molecular weight is 331 g/mol. The molecule has 1 N–H and O–H groups in total. The number of hydrogen-bond donors (Lipinski definition) is 1. The fraction of sp³-hybridized carbons (Fsp3) is 0.600. The van der Waals surface area contributed by atoms with Gasteiger partial charge >= 0.3 is 12.2 Å². The molecule has 128 valence electrons. The largest absolute Gasteiger partial charge is 0.468 e. The van der Waals surface area contributed by atoms with Gasteiger partial charge in [0.25, 0.3) is 0 Å². The number of nitrogens with one attached hydrogen (secondary N) is 1. The zero-order valence-electron chi connectivity index (χ0n) is 12.9. The second-order valence-electron chi connectivity index (χ2n) is 5.70. The molecular formula is C15H20F3N3O2. The van der Waals surface area contributed by atoms with Crippen LogP contribution in [-0.2, 0) is 6.54 Å². The smallest absolute Gasteiger partial charge is 0.422 e. The molecule has 2 rings (SSSR count). The summed E-state index contributed by atoms with van der Waals surface area (Å²) in [6.45, 7) is 2.20. The van der Waals surface area contributed by atoms with Crippen molar-refractivity contribution in [1.82, 2.24) is 15.2 Å². The number of ether oxygens (including phenoxy) is 1. The summed E-state index contributed by atoms with van der Waals surface area (Å²) in [6, 6.07) is 2.95. The second kappa shape index (κ2) is 7.52. The molecule has 1 aliphatic rings. The van der Waals surface area contributed by atoms with Gasteiger partial charge in [0.05, 0.1) is 0 Å². The van der Waals surface area contributed by atoms with Crippen LogP contribution in [0.3, 0.4) is 0 Å². The third kappa shape index (κ3) is 5.61. The summed E-state index contributed by atoms with van der Waals surface area (Å²) in [5.74, 6) is 0.497. The van der Waals surface area contributed by atoms with Crippen molar-refractivity contribution >= 4 is 6.03 Å². The molecule has 2 heterocycles. The van der Waals surface area contributed by atoms with Gasteiger partial charge in [-0.1, -0.05) is 13.0 Å². The van der Waals surface area contributed by atoms with E-state index in [0.29, 0.717) is 24.6 Å². The van der Waals surface area contributed by atoms with Crippen molar-refractivity contribution in [1.29, 1.82) is 0 Å². The van der Waals surface area contributed by atoms with E-state index in [1.807, 2.05) is 0 Å². The molecular weight excluding hydrogens is 311 g/mol. The lowest BCUT2D eigenvalue weighted by Crippen LogP contribution is -2.43. The summed E-state index contributed by atoms with van der Waals surface area (Å²) in [7, 11) is 0. The summed E-state index contributed by atoms with van der Waals surface area (Å²) in [5.41, 5.74) is 0.412. The molecule has 0 aliphatic carbocycles. The van der Waals surface area contributed by atoms with E-state index in [-0.39, 0.29) is 18.5 Å². The maximum Gasteiger partial charge on any atom is 0.422 e. The molecule has 0 bridgehead atoms. The predicted octanol–water partition coefficient (Wildman–Crippen LogP) is 2.96. The number of carbonyl (C=O) groups excluding carboxylic acids is 1. The van der Waals surface area contributed by atoms with Crippen LogP contribution in [0.4, 0.5) is 18.0 Å². The second-order valence-corrected chi connectivity index (χ2v) is 5.70. The summed E-state index contributed by atoms with van der Waals surface area (Å²) in [4.78, 5) is 17.6. The van der Waals surface area contributed by atoms with E-state index in [2.05, 4.69) is 17.2 Å². The maximum atomic E-state index is 12.2. The Balaban J connectivity index is 1.89. The topological polar surface area (TPSA) is 54.5 Å². The fourth-order valence-electron chi connectivity index (χ4n) is 2.33. The van der Waals surface area contributed by atoms with Crippen molar-refractivity contribution in [2.24, 2.45) is 5.92 Å². The molecule has 1 aromatic rings. The molecule has 2 amide bonds. The molecule has 8 heteroatoms. The molecule has 0 saturated carbocycles. The van der Waals surface area contributed by atoms with E-state index >= 15 is 0 Å². The first-order valence-electron chi connectivity index (χ1n) is 7.51. The van der Waals surface area contributed by atoms with Gasteiger partial charge in [0.1, 0.15) is 0 Å². The van der Waals surface area contributed by atoms with Gasteiger partial charge in [-0.05, 0) is 24.8 Å². The Morgan fingerprint density at radius 1 is 1.43 bits per heavy atom. The van der Waals surface area contributed by atoms with Crippen molar-refractivity contribution in [2.75, 3.05) is 19.7 Å². The normalized spacial score (nSPS) is 16.3. The van der Waals surface area contributed by atoms with Gasteiger partial charge in [0.2, 0.25) is 5.88 Å². The minimum atomic E-state index is -4.43. The Morgan fingerprint density at radius 3 is 2.78 bits per heavy atom. The number of alkyl halides is 3. The lowest BCUT2D eigenvalue weighted by molar-refractivity contribution is -0.154. The lowest BCUT2D eigenvalue weighted by atomic mass is 10.00. The third-order valence-corrected chi connectivity index (χ3v) is 3.72. The Bertz CT molecular complexity index is 529. The Morgan fingerprint density at radius 2 is 2.13 bits per heavy atom. The van der Waals surface area contributed by atoms with Crippen LogP contribution in [0.5, 0.6) is 5.88 Å². The first kappa shape index (κ1) is 17.4. The molecule has 1 fully saturated rings. The molecule has 5 nitrogen and oxygen atoms in total. The Labute approximate surface area is 132 Å². The van der Waals surface area contributed by atoms with E-state index in [1.54, 1.807) is 17.0 Å². The number of nitrogens with zero attached hydrogens (tertiary/aromatic N) is 2. The van der Waals surface area contributed by atoms with Gasteiger partial charge in [-0.2, -0.15) is 13.2 Å². The highest BCUT2D eigenvalue weighted by Gasteiger charge is 2.29. The van der Waals surface area contributed by atoms with Crippen molar-refractivity contribution in [3.8, 4) is 5.88 Å². The number of carbonyl (C=O) groups is 1. The molecule has 0 atom stereocenters. The number of hydrogen-bond acceptors (Lipinski definition) is 3. The maximum absolute atomic E-state index is 12.2. The SMILES string of the molecule is CC1CCN(C(=O)NCc2cccnc2OCC(F)(F)F)CC1. The first-order valence-corrected chi connectivity index (χ1v) is 7.51. The molecule has 0 aromatic carbocycles. The molecule has 1 aromatic heterocycles. The number of halogens is 3. The minimum absolute atomic E-state index is 0.0753. The first-order chi connectivity index (χ1) is 10.8. The number of urea groups is 1. The Kier molecular flexibility index (Phi) is 5.68. The highest BCUT2D eigenvalue weighted by Crippen LogP contribution is 2.20. The van der Waals surface area contributed by atoms with Crippen molar-refractivity contribution in [2.45, 2.75) is 32.5 Å². The number of pyridine rings is 1. The summed E-state index contributed by atoms with van der Waals surface area (Å²) < 4.78 is 41.4. The van der Waals surface area contributed by atoms with Crippen LogP contribution in [0, 0.1) is 5.92 Å². The predicted molar refractivity (Wildman–Crippen MR) is 78.0 cm³/mol. The average Bonchev–Trinajstić information content (AvgIpc) is 2.51. The highest BCUT2D eigenvalue weighted by atomic mass is 19.4. The summed E-state index contributed by atoms with van der Waals surface area (Å²) in [5, 5.41) is 2.71. The van der Waals surface area contributed by atoms with Gasteiger partial charge in [0.15, 0.2) is 6.61 Å². The quantitative estimate of drug-likeness (QED) is 0.923. The molecule has 23 heavy (non-hydrogen) atoms. The molecule has 0 radical (unpaired) electrons. The number of amides is 2. The van der Waals surface area contributed by atoms with E-state index in [1.165, 1.54) is 6.20 Å². The molecule has 0 unspecified atom stereocenters. The van der Waals surface area contributed by atoms with Gasteiger partial charge in [-0.3, -0.25) is 0 Å². The summed E-state index contributed by atoms with van der Waals surface area (Å²) in [6.07, 6.45) is -1.16. The van der Waals surface area contributed by atoms with Crippen LogP contribution < -0.4 is 10.1 Å². The van der Waals surface area contributed by atoms with Gasteiger partial charge in [-0.15, -0.1) is 0 Å². The molecule has 1 aliphatic heterocycles. The van der Waals surface area contributed by atoms with Gasteiger partial charge in [0, 0.05) is 31.4 Å². The highest BCUT2D eigenvalue weighted by molar-refractivity contribution is 5.74. The number of piperidine rings is 1. The minimum Gasteiger partial charge on any atom is -0.468 e. The van der Waals surface area contributed by atoms with Crippen LogP contribution in [0.15, 0.2) is 18.3 Å². The zero-order valence-corrected chi connectivity index (χ0v) is 12.9.